The van der Waals surface area contributed by atoms with E-state index in [1.165, 1.54) is 26.0 Å². The summed E-state index contributed by atoms with van der Waals surface area (Å²) in [5.74, 6) is 0.199. The third-order valence-electron chi connectivity index (χ3n) is 2.43. The molecule has 0 saturated heterocycles. The summed E-state index contributed by atoms with van der Waals surface area (Å²) < 4.78 is 5.17. The monoisotopic (exact) mass is 184 g/mol. The van der Waals surface area contributed by atoms with E-state index < -0.39 is 0 Å². The smallest absolute Gasteiger partial charge is 0.205 e. The maximum absolute atomic E-state index is 7.18. The van der Waals surface area contributed by atoms with Crippen molar-refractivity contribution in [3.05, 3.63) is 12.7 Å². The molecule has 0 spiro atoms. The summed E-state index contributed by atoms with van der Waals surface area (Å²) in [5.41, 5.74) is 4.91. The highest BCUT2D eigenvalue weighted by molar-refractivity contribution is 5.83. The number of rotatable bonds is 4. The lowest BCUT2D eigenvalue weighted by molar-refractivity contribution is 0.218. The van der Waals surface area contributed by atoms with Crippen molar-refractivity contribution in [3.63, 3.8) is 0 Å². The maximum Gasteiger partial charge on any atom is 0.205 e. The van der Waals surface area contributed by atoms with E-state index in [0.29, 0.717) is 12.0 Å². The van der Waals surface area contributed by atoms with Crippen LogP contribution in [-0.4, -0.2) is 19.6 Å². The molecule has 0 aromatic rings. The molecule has 0 aromatic heterocycles. The molecule has 3 nitrogen and oxygen atoms in total. The Labute approximate surface area is 80.5 Å². The SMILES string of the molecule is C=CC(=N)OCC1(CC)CC1.CN. The fourth-order valence-electron chi connectivity index (χ4n) is 1.07. The maximum atomic E-state index is 7.18. The first kappa shape index (κ1) is 12.2. The molecule has 1 aliphatic carbocycles. The molecule has 0 aromatic carbocycles. The fourth-order valence-corrected chi connectivity index (χ4v) is 1.07. The third kappa shape index (κ3) is 4.08. The lowest BCUT2D eigenvalue weighted by atomic mass is 10.1. The molecule has 1 rings (SSSR count). The second-order valence-electron chi connectivity index (χ2n) is 3.21. The zero-order valence-corrected chi connectivity index (χ0v) is 8.60. The number of nitrogens with two attached hydrogens (primary N) is 1. The molecule has 0 bridgehead atoms. The van der Waals surface area contributed by atoms with Gasteiger partial charge >= 0.3 is 0 Å². The van der Waals surface area contributed by atoms with Crippen LogP contribution in [0.3, 0.4) is 0 Å². The predicted molar refractivity (Wildman–Crippen MR) is 55.9 cm³/mol. The normalized spacial score (nSPS) is 16.5. The highest BCUT2D eigenvalue weighted by Gasteiger charge is 2.41. The van der Waals surface area contributed by atoms with Crippen molar-refractivity contribution < 1.29 is 4.74 Å². The van der Waals surface area contributed by atoms with E-state index in [9.17, 15) is 0 Å². The molecule has 0 aliphatic heterocycles. The Morgan fingerprint density at radius 2 is 2.15 bits per heavy atom. The number of hydrogen-bond acceptors (Lipinski definition) is 3. The highest BCUT2D eigenvalue weighted by Crippen LogP contribution is 2.48. The van der Waals surface area contributed by atoms with E-state index in [1.54, 1.807) is 0 Å². The largest absolute Gasteiger partial charge is 0.477 e. The first-order valence-electron chi connectivity index (χ1n) is 4.64. The molecule has 0 amide bonds. The Balaban J connectivity index is 0.000000671. The summed E-state index contributed by atoms with van der Waals surface area (Å²) in [6.45, 7) is 6.34. The van der Waals surface area contributed by atoms with Gasteiger partial charge in [0, 0.05) is 5.41 Å². The molecule has 0 radical (unpaired) electrons. The fraction of sp³-hybridized carbons (Fsp3) is 0.700. The molecule has 0 atom stereocenters. The number of ether oxygens (including phenoxy) is 1. The van der Waals surface area contributed by atoms with Crippen LogP contribution in [0.4, 0.5) is 0 Å². The molecule has 0 unspecified atom stereocenters. The van der Waals surface area contributed by atoms with Gasteiger partial charge in [-0.2, -0.15) is 0 Å². The number of nitrogens with one attached hydrogen (secondary N) is 1. The van der Waals surface area contributed by atoms with Crippen LogP contribution in [0.25, 0.3) is 0 Å². The summed E-state index contributed by atoms with van der Waals surface area (Å²) in [6, 6.07) is 0. The highest BCUT2D eigenvalue weighted by atomic mass is 16.5. The van der Waals surface area contributed by atoms with Crippen molar-refractivity contribution in [1.29, 1.82) is 5.41 Å². The first-order valence-corrected chi connectivity index (χ1v) is 4.64. The van der Waals surface area contributed by atoms with Crippen molar-refractivity contribution in [2.75, 3.05) is 13.7 Å². The Bertz CT molecular complexity index is 174. The molecule has 3 heteroatoms. The summed E-state index contributed by atoms with van der Waals surface area (Å²) >= 11 is 0. The average Bonchev–Trinajstić information content (AvgIpc) is 2.98. The van der Waals surface area contributed by atoms with Crippen molar-refractivity contribution in [3.8, 4) is 0 Å². The van der Waals surface area contributed by atoms with Gasteiger partial charge in [-0.1, -0.05) is 13.5 Å². The van der Waals surface area contributed by atoms with E-state index in [4.69, 9.17) is 10.1 Å². The topological polar surface area (TPSA) is 59.1 Å². The van der Waals surface area contributed by atoms with Crippen molar-refractivity contribution in [2.24, 2.45) is 11.1 Å². The van der Waals surface area contributed by atoms with E-state index in [1.807, 2.05) is 0 Å². The average molecular weight is 184 g/mol. The predicted octanol–water partition coefficient (Wildman–Crippen LogP) is 1.93. The van der Waals surface area contributed by atoms with Crippen LogP contribution in [0.15, 0.2) is 12.7 Å². The Morgan fingerprint density at radius 1 is 1.62 bits per heavy atom. The molecule has 1 aliphatic rings. The standard InChI is InChI=1S/C9H15NO.CH5N/c1-3-8(10)11-7-9(4-2)5-6-9;1-2/h3,10H,1,4-7H2,2H3;2H2,1H3. The van der Waals surface area contributed by atoms with Gasteiger partial charge in [0.2, 0.25) is 5.90 Å². The zero-order valence-electron chi connectivity index (χ0n) is 8.60. The summed E-state index contributed by atoms with van der Waals surface area (Å²) in [5, 5.41) is 7.18. The van der Waals surface area contributed by atoms with Crippen LogP contribution in [0.5, 0.6) is 0 Å². The molecular weight excluding hydrogens is 164 g/mol. The van der Waals surface area contributed by atoms with Gasteiger partial charge in [0.1, 0.15) is 0 Å². The van der Waals surface area contributed by atoms with Crippen LogP contribution in [-0.2, 0) is 4.74 Å². The minimum absolute atomic E-state index is 0.199. The third-order valence-corrected chi connectivity index (χ3v) is 2.43. The molecule has 0 heterocycles. The Hall–Kier alpha value is -0.830. The Morgan fingerprint density at radius 3 is 2.46 bits per heavy atom. The van der Waals surface area contributed by atoms with Crippen molar-refractivity contribution in [1.82, 2.24) is 0 Å². The van der Waals surface area contributed by atoms with Crippen LogP contribution in [0, 0.1) is 10.8 Å². The number of hydrogen-bond donors (Lipinski definition) is 2. The molecule has 76 valence electrons. The molecule has 13 heavy (non-hydrogen) atoms. The molecule has 3 N–H and O–H groups in total. The molecule has 1 fully saturated rings. The van der Waals surface area contributed by atoms with Gasteiger partial charge in [-0.05, 0) is 32.4 Å². The molecular formula is C10H20N2O. The Kier molecular flexibility index (Phi) is 5.39. The van der Waals surface area contributed by atoms with E-state index in [2.05, 4.69) is 19.2 Å². The van der Waals surface area contributed by atoms with Gasteiger partial charge < -0.3 is 10.5 Å². The summed E-state index contributed by atoms with van der Waals surface area (Å²) in [6.07, 6.45) is 5.12. The lowest BCUT2D eigenvalue weighted by Gasteiger charge is -2.12. The van der Waals surface area contributed by atoms with E-state index >= 15 is 0 Å². The van der Waals surface area contributed by atoms with E-state index in [-0.39, 0.29) is 5.90 Å². The van der Waals surface area contributed by atoms with Gasteiger partial charge in [0.25, 0.3) is 0 Å². The van der Waals surface area contributed by atoms with Crippen LogP contribution >= 0.6 is 0 Å². The lowest BCUT2D eigenvalue weighted by Crippen LogP contribution is -2.12. The zero-order chi connectivity index (χ0) is 10.3. The van der Waals surface area contributed by atoms with Gasteiger partial charge in [-0.15, -0.1) is 0 Å². The van der Waals surface area contributed by atoms with Crippen LogP contribution in [0.2, 0.25) is 0 Å². The van der Waals surface area contributed by atoms with Gasteiger partial charge in [-0.25, -0.2) is 0 Å². The van der Waals surface area contributed by atoms with E-state index in [0.717, 1.165) is 6.42 Å². The minimum Gasteiger partial charge on any atom is -0.477 e. The van der Waals surface area contributed by atoms with Gasteiger partial charge in [0.05, 0.1) is 6.61 Å². The first-order chi connectivity index (χ1) is 6.22. The quantitative estimate of drug-likeness (QED) is 0.518. The van der Waals surface area contributed by atoms with Gasteiger partial charge in [-0.3, -0.25) is 5.41 Å². The second kappa shape index (κ2) is 5.75. The van der Waals surface area contributed by atoms with Crippen LogP contribution in [0.1, 0.15) is 26.2 Å². The summed E-state index contributed by atoms with van der Waals surface area (Å²) in [4.78, 5) is 0. The minimum atomic E-state index is 0.199. The van der Waals surface area contributed by atoms with Gasteiger partial charge in [0.15, 0.2) is 0 Å². The van der Waals surface area contributed by atoms with Crippen LogP contribution < -0.4 is 5.73 Å². The van der Waals surface area contributed by atoms with Crippen molar-refractivity contribution >= 4 is 5.90 Å². The second-order valence-corrected chi connectivity index (χ2v) is 3.21. The summed E-state index contributed by atoms with van der Waals surface area (Å²) in [7, 11) is 1.50. The van der Waals surface area contributed by atoms with Crippen molar-refractivity contribution in [2.45, 2.75) is 26.2 Å². The molecule has 1 saturated carbocycles.